The molecule has 0 atom stereocenters. The first-order valence-electron chi connectivity index (χ1n) is 17.0. The molecule has 4 nitrogen and oxygen atoms in total. The third kappa shape index (κ3) is 6.18. The van der Waals surface area contributed by atoms with Gasteiger partial charge in [0.2, 0.25) is 0 Å². The predicted octanol–water partition coefficient (Wildman–Crippen LogP) is 11.7. The smallest absolute Gasteiger partial charge is 0.169 e. The Hall–Kier alpha value is -4.44. The van der Waals surface area contributed by atoms with E-state index in [1.807, 2.05) is 0 Å². The highest BCUT2D eigenvalue weighted by molar-refractivity contribution is 6.12. The molecular formula is C42H46O4. The summed E-state index contributed by atoms with van der Waals surface area (Å²) in [7, 11) is 0. The van der Waals surface area contributed by atoms with Gasteiger partial charge in [0.15, 0.2) is 23.0 Å². The number of fused-ring (bicyclic) bond motifs is 4. The zero-order chi connectivity index (χ0) is 32.2. The minimum atomic E-state index is 0.631. The summed E-state index contributed by atoms with van der Waals surface area (Å²) in [4.78, 5) is 0. The molecule has 0 heterocycles. The molecule has 6 aromatic carbocycles. The Morgan fingerprint density at radius 3 is 1.30 bits per heavy atom. The second kappa shape index (κ2) is 13.9. The van der Waals surface area contributed by atoms with E-state index in [-0.39, 0.29) is 0 Å². The molecule has 0 aliphatic rings. The third-order valence-electron chi connectivity index (χ3n) is 8.56. The van der Waals surface area contributed by atoms with E-state index in [1.165, 1.54) is 43.6 Å². The van der Waals surface area contributed by atoms with Crippen molar-refractivity contribution in [3.8, 4) is 34.1 Å². The van der Waals surface area contributed by atoms with Gasteiger partial charge in [-0.2, -0.15) is 0 Å². The molecule has 0 aromatic heterocycles. The Morgan fingerprint density at radius 2 is 0.804 bits per heavy atom. The first kappa shape index (κ1) is 31.5. The molecule has 0 N–H and O–H groups in total. The van der Waals surface area contributed by atoms with E-state index in [0.717, 1.165) is 70.4 Å². The maximum absolute atomic E-state index is 6.54. The molecule has 0 fully saturated rings. The van der Waals surface area contributed by atoms with Gasteiger partial charge in [0.05, 0.1) is 26.4 Å². The van der Waals surface area contributed by atoms with Crippen LogP contribution in [-0.4, -0.2) is 26.4 Å². The molecule has 0 aliphatic carbocycles. The van der Waals surface area contributed by atoms with Gasteiger partial charge in [-0.25, -0.2) is 0 Å². The van der Waals surface area contributed by atoms with Crippen molar-refractivity contribution < 1.29 is 18.9 Å². The molecule has 6 rings (SSSR count). The van der Waals surface area contributed by atoms with Crippen molar-refractivity contribution in [2.24, 2.45) is 0 Å². The van der Waals surface area contributed by atoms with Gasteiger partial charge in [0, 0.05) is 5.56 Å². The predicted molar refractivity (Wildman–Crippen MR) is 195 cm³/mol. The lowest BCUT2D eigenvalue weighted by Crippen LogP contribution is -2.04. The summed E-state index contributed by atoms with van der Waals surface area (Å²) in [6.07, 6.45) is 3.75. The average Bonchev–Trinajstić information content (AvgIpc) is 3.05. The Morgan fingerprint density at radius 1 is 0.413 bits per heavy atom. The highest BCUT2D eigenvalue weighted by Crippen LogP contribution is 2.47. The SMILES string of the molecule is CCCOc1cc2cc3cc4cc5cc(OCCC)c(OCCC)c(-c6c(C)cccc6C)c5cc4cc3cc2cc1OCCC. The zero-order valence-corrected chi connectivity index (χ0v) is 28.2. The first-order valence-corrected chi connectivity index (χ1v) is 17.0. The van der Waals surface area contributed by atoms with Crippen molar-refractivity contribution in [2.45, 2.75) is 67.2 Å². The zero-order valence-electron chi connectivity index (χ0n) is 28.2. The standard InChI is InChI=1S/C42H46O4/c1-7-14-43-37-24-33-20-29-18-31-22-35-26-39(45-16-9-3)42(46-17-10-4)41(40-27(5)12-11-13-28(40)6)36(35)23-32(31)19-30(29)21-34(33)25-38(37)44-15-8-2/h11-13,18-26H,7-10,14-17H2,1-6H3. The Labute approximate surface area is 273 Å². The molecule has 0 spiro atoms. The van der Waals surface area contributed by atoms with E-state index in [2.05, 4.69) is 114 Å². The molecule has 0 aliphatic heterocycles. The Bertz CT molecular complexity index is 2000. The van der Waals surface area contributed by atoms with Crippen LogP contribution in [0.5, 0.6) is 23.0 Å². The van der Waals surface area contributed by atoms with Crippen LogP contribution in [0.4, 0.5) is 0 Å². The maximum atomic E-state index is 6.54. The molecule has 4 heteroatoms. The number of hydrogen-bond donors (Lipinski definition) is 0. The molecule has 6 aromatic rings. The van der Waals surface area contributed by atoms with Crippen LogP contribution in [0.15, 0.2) is 72.8 Å². The minimum absolute atomic E-state index is 0.631. The van der Waals surface area contributed by atoms with Crippen LogP contribution in [0.3, 0.4) is 0 Å². The van der Waals surface area contributed by atoms with E-state index in [4.69, 9.17) is 18.9 Å². The summed E-state index contributed by atoms with van der Waals surface area (Å²) in [6.45, 7) is 15.5. The van der Waals surface area contributed by atoms with Crippen LogP contribution < -0.4 is 18.9 Å². The van der Waals surface area contributed by atoms with E-state index < -0.39 is 0 Å². The van der Waals surface area contributed by atoms with Gasteiger partial charge in [-0.15, -0.1) is 0 Å². The lowest BCUT2D eigenvalue weighted by atomic mass is 9.89. The Balaban J connectivity index is 1.61. The average molecular weight is 615 g/mol. The molecule has 238 valence electrons. The quantitative estimate of drug-likeness (QED) is 0.121. The van der Waals surface area contributed by atoms with Gasteiger partial charge in [0.25, 0.3) is 0 Å². The summed E-state index contributed by atoms with van der Waals surface area (Å²) < 4.78 is 25.2. The van der Waals surface area contributed by atoms with E-state index in [0.29, 0.717) is 26.4 Å². The fourth-order valence-corrected chi connectivity index (χ4v) is 6.39. The largest absolute Gasteiger partial charge is 0.490 e. The lowest BCUT2D eigenvalue weighted by molar-refractivity contribution is 0.269. The van der Waals surface area contributed by atoms with Crippen molar-refractivity contribution in [1.29, 1.82) is 0 Å². The molecule has 0 amide bonds. The Kier molecular flexibility index (Phi) is 9.53. The number of rotatable bonds is 13. The second-order valence-electron chi connectivity index (χ2n) is 12.4. The van der Waals surface area contributed by atoms with Crippen molar-refractivity contribution in [3.05, 3.63) is 83.9 Å². The fourth-order valence-electron chi connectivity index (χ4n) is 6.39. The van der Waals surface area contributed by atoms with Crippen molar-refractivity contribution >= 4 is 43.1 Å². The summed E-state index contributed by atoms with van der Waals surface area (Å²) >= 11 is 0. The summed E-state index contributed by atoms with van der Waals surface area (Å²) in [5.41, 5.74) is 4.78. The van der Waals surface area contributed by atoms with Crippen LogP contribution >= 0.6 is 0 Å². The van der Waals surface area contributed by atoms with Gasteiger partial charge >= 0.3 is 0 Å². The van der Waals surface area contributed by atoms with E-state index in [1.54, 1.807) is 0 Å². The molecule has 46 heavy (non-hydrogen) atoms. The van der Waals surface area contributed by atoms with Crippen LogP contribution in [0.1, 0.15) is 64.5 Å². The van der Waals surface area contributed by atoms with Crippen LogP contribution in [0, 0.1) is 13.8 Å². The molecule has 0 radical (unpaired) electrons. The number of benzene rings is 6. The summed E-state index contributed by atoms with van der Waals surface area (Å²) in [6, 6.07) is 26.8. The topological polar surface area (TPSA) is 36.9 Å². The van der Waals surface area contributed by atoms with Crippen LogP contribution in [0.25, 0.3) is 54.2 Å². The molecule has 0 saturated carbocycles. The van der Waals surface area contributed by atoms with Gasteiger partial charge in [-0.1, -0.05) is 45.9 Å². The number of hydrogen-bond acceptors (Lipinski definition) is 4. The number of ether oxygens (including phenoxy) is 4. The normalized spacial score (nSPS) is 11.5. The first-order chi connectivity index (χ1) is 22.4. The third-order valence-corrected chi connectivity index (χ3v) is 8.56. The van der Waals surface area contributed by atoms with Crippen molar-refractivity contribution in [3.63, 3.8) is 0 Å². The fraction of sp³-hybridized carbons (Fsp3) is 0.333. The van der Waals surface area contributed by atoms with Crippen molar-refractivity contribution in [1.82, 2.24) is 0 Å². The van der Waals surface area contributed by atoms with Gasteiger partial charge in [-0.05, 0) is 154 Å². The molecule has 0 bridgehead atoms. The second-order valence-corrected chi connectivity index (χ2v) is 12.4. The van der Waals surface area contributed by atoms with E-state index in [9.17, 15) is 0 Å². The molecule has 0 saturated heterocycles. The van der Waals surface area contributed by atoms with Crippen LogP contribution in [0.2, 0.25) is 0 Å². The monoisotopic (exact) mass is 614 g/mol. The minimum Gasteiger partial charge on any atom is -0.490 e. The maximum Gasteiger partial charge on any atom is 0.169 e. The van der Waals surface area contributed by atoms with Gasteiger partial charge < -0.3 is 18.9 Å². The summed E-state index contributed by atoms with van der Waals surface area (Å²) in [5.74, 6) is 3.28. The summed E-state index contributed by atoms with van der Waals surface area (Å²) in [5, 5.41) is 9.40. The van der Waals surface area contributed by atoms with Crippen molar-refractivity contribution in [2.75, 3.05) is 26.4 Å². The lowest BCUT2D eigenvalue weighted by Gasteiger charge is -2.22. The highest BCUT2D eigenvalue weighted by Gasteiger charge is 2.21. The van der Waals surface area contributed by atoms with Gasteiger partial charge in [-0.3, -0.25) is 0 Å². The molecule has 0 unspecified atom stereocenters. The highest BCUT2D eigenvalue weighted by atomic mass is 16.5. The number of aryl methyl sites for hydroxylation is 2. The van der Waals surface area contributed by atoms with E-state index >= 15 is 0 Å². The van der Waals surface area contributed by atoms with Gasteiger partial charge in [0.1, 0.15) is 0 Å². The molecular weight excluding hydrogens is 568 g/mol. The van der Waals surface area contributed by atoms with Crippen LogP contribution in [-0.2, 0) is 0 Å².